The third-order valence-electron chi connectivity index (χ3n) is 2.54. The molecular formula is C14H10BrClO. The van der Waals surface area contributed by atoms with Gasteiger partial charge in [0.2, 0.25) is 0 Å². The molecule has 0 radical (unpaired) electrons. The average Bonchev–Trinajstić information content (AvgIpc) is 2.32. The monoisotopic (exact) mass is 308 g/mol. The molecule has 0 unspecified atom stereocenters. The zero-order valence-corrected chi connectivity index (χ0v) is 11.5. The van der Waals surface area contributed by atoms with E-state index >= 15 is 0 Å². The number of carbonyl (C=O) groups excluding carboxylic acids is 1. The van der Waals surface area contributed by atoms with Crippen molar-refractivity contribution < 1.29 is 4.79 Å². The standard InChI is InChI=1S/C14H10BrClO/c1-9-8-10(6-7-12(9)15)14(17)11-4-2-3-5-13(11)16/h2-8H,1H3. The second-order valence-electron chi connectivity index (χ2n) is 3.77. The van der Waals surface area contributed by atoms with Gasteiger partial charge in [-0.05, 0) is 42.8 Å². The van der Waals surface area contributed by atoms with Crippen LogP contribution in [0.1, 0.15) is 21.5 Å². The van der Waals surface area contributed by atoms with Gasteiger partial charge in [0.25, 0.3) is 0 Å². The molecule has 1 nitrogen and oxygen atoms in total. The van der Waals surface area contributed by atoms with E-state index in [1.54, 1.807) is 18.2 Å². The Morgan fingerprint density at radius 2 is 1.88 bits per heavy atom. The molecule has 2 aromatic rings. The van der Waals surface area contributed by atoms with E-state index < -0.39 is 0 Å². The molecule has 0 amide bonds. The van der Waals surface area contributed by atoms with Crippen LogP contribution in [0.5, 0.6) is 0 Å². The first-order valence-corrected chi connectivity index (χ1v) is 6.32. The van der Waals surface area contributed by atoms with Crippen molar-refractivity contribution in [2.75, 3.05) is 0 Å². The highest BCUT2D eigenvalue weighted by Gasteiger charge is 2.12. The summed E-state index contributed by atoms with van der Waals surface area (Å²) < 4.78 is 0.994. The Kier molecular flexibility index (Phi) is 3.65. The van der Waals surface area contributed by atoms with Crippen LogP contribution in [0.2, 0.25) is 5.02 Å². The van der Waals surface area contributed by atoms with Crippen LogP contribution in [0.3, 0.4) is 0 Å². The highest BCUT2D eigenvalue weighted by atomic mass is 79.9. The molecule has 0 aliphatic heterocycles. The summed E-state index contributed by atoms with van der Waals surface area (Å²) in [6, 6.07) is 12.6. The topological polar surface area (TPSA) is 17.1 Å². The normalized spacial score (nSPS) is 10.3. The zero-order valence-electron chi connectivity index (χ0n) is 9.21. The smallest absolute Gasteiger partial charge is 0.194 e. The first-order valence-electron chi connectivity index (χ1n) is 5.15. The highest BCUT2D eigenvalue weighted by molar-refractivity contribution is 9.10. The van der Waals surface area contributed by atoms with Gasteiger partial charge in [0, 0.05) is 15.6 Å². The lowest BCUT2D eigenvalue weighted by atomic mass is 10.0. The maximum absolute atomic E-state index is 12.2. The Balaban J connectivity index is 2.44. The molecule has 0 aliphatic carbocycles. The molecule has 0 N–H and O–H groups in total. The van der Waals surface area contributed by atoms with Gasteiger partial charge in [-0.25, -0.2) is 0 Å². The van der Waals surface area contributed by atoms with Crippen molar-refractivity contribution in [2.24, 2.45) is 0 Å². The van der Waals surface area contributed by atoms with Crippen molar-refractivity contribution in [3.63, 3.8) is 0 Å². The Morgan fingerprint density at radius 1 is 1.18 bits per heavy atom. The predicted octanol–water partition coefficient (Wildman–Crippen LogP) is 4.64. The lowest BCUT2D eigenvalue weighted by Gasteiger charge is -2.05. The van der Waals surface area contributed by atoms with Crippen LogP contribution < -0.4 is 0 Å². The Bertz CT molecular complexity index is 578. The molecule has 0 aromatic heterocycles. The summed E-state index contributed by atoms with van der Waals surface area (Å²) in [5.74, 6) is -0.0498. The Labute approximate surface area is 114 Å². The maximum atomic E-state index is 12.2. The molecule has 0 spiro atoms. The van der Waals surface area contributed by atoms with E-state index in [1.165, 1.54) is 0 Å². The van der Waals surface area contributed by atoms with Gasteiger partial charge in [-0.1, -0.05) is 39.7 Å². The maximum Gasteiger partial charge on any atom is 0.194 e. The highest BCUT2D eigenvalue weighted by Crippen LogP contribution is 2.22. The summed E-state index contributed by atoms with van der Waals surface area (Å²) in [5.41, 5.74) is 2.22. The van der Waals surface area contributed by atoms with Gasteiger partial charge < -0.3 is 0 Å². The van der Waals surface area contributed by atoms with Crippen LogP contribution in [0.15, 0.2) is 46.9 Å². The van der Waals surface area contributed by atoms with E-state index in [4.69, 9.17) is 11.6 Å². The summed E-state index contributed by atoms with van der Waals surface area (Å²) in [6.45, 7) is 1.95. The number of ketones is 1. The number of hydrogen-bond acceptors (Lipinski definition) is 1. The van der Waals surface area contributed by atoms with Crippen molar-refractivity contribution in [3.05, 3.63) is 68.7 Å². The summed E-state index contributed by atoms with van der Waals surface area (Å²) >= 11 is 9.42. The number of hydrogen-bond donors (Lipinski definition) is 0. The van der Waals surface area contributed by atoms with Crippen LogP contribution >= 0.6 is 27.5 Å². The molecule has 0 saturated carbocycles. The quantitative estimate of drug-likeness (QED) is 0.738. The summed E-state index contributed by atoms with van der Waals surface area (Å²) in [5, 5.41) is 0.484. The first-order chi connectivity index (χ1) is 8.09. The molecule has 86 valence electrons. The molecule has 0 saturated heterocycles. The Hall–Kier alpha value is -1.12. The van der Waals surface area contributed by atoms with E-state index in [0.717, 1.165) is 10.0 Å². The molecule has 0 aliphatic rings. The minimum Gasteiger partial charge on any atom is -0.289 e. The fourth-order valence-electron chi connectivity index (χ4n) is 1.59. The fourth-order valence-corrected chi connectivity index (χ4v) is 2.05. The average molecular weight is 310 g/mol. The second kappa shape index (κ2) is 5.03. The third kappa shape index (κ3) is 2.59. The minimum atomic E-state index is -0.0498. The second-order valence-corrected chi connectivity index (χ2v) is 5.03. The van der Waals surface area contributed by atoms with Crippen molar-refractivity contribution >= 4 is 33.3 Å². The summed E-state index contributed by atoms with van der Waals surface area (Å²) in [6.07, 6.45) is 0. The number of carbonyl (C=O) groups is 1. The lowest BCUT2D eigenvalue weighted by Crippen LogP contribution is -2.02. The summed E-state index contributed by atoms with van der Waals surface area (Å²) in [4.78, 5) is 12.2. The number of rotatable bonds is 2. The largest absolute Gasteiger partial charge is 0.289 e. The number of benzene rings is 2. The fraction of sp³-hybridized carbons (Fsp3) is 0.0714. The first kappa shape index (κ1) is 12.3. The van der Waals surface area contributed by atoms with E-state index in [-0.39, 0.29) is 5.78 Å². The molecule has 3 heteroatoms. The van der Waals surface area contributed by atoms with Gasteiger partial charge >= 0.3 is 0 Å². The summed E-state index contributed by atoms with van der Waals surface area (Å²) in [7, 11) is 0. The SMILES string of the molecule is Cc1cc(C(=O)c2ccccc2Cl)ccc1Br. The molecule has 0 fully saturated rings. The van der Waals surface area contributed by atoms with Crippen LogP contribution in [0, 0.1) is 6.92 Å². The van der Waals surface area contributed by atoms with E-state index in [1.807, 2.05) is 31.2 Å². The zero-order chi connectivity index (χ0) is 12.4. The van der Waals surface area contributed by atoms with Gasteiger partial charge in [-0.15, -0.1) is 0 Å². The van der Waals surface area contributed by atoms with Gasteiger partial charge in [0.15, 0.2) is 5.78 Å². The minimum absolute atomic E-state index is 0.0498. The van der Waals surface area contributed by atoms with Gasteiger partial charge in [-0.2, -0.15) is 0 Å². The van der Waals surface area contributed by atoms with Gasteiger partial charge in [-0.3, -0.25) is 4.79 Å². The van der Waals surface area contributed by atoms with E-state index in [9.17, 15) is 4.79 Å². The van der Waals surface area contributed by atoms with E-state index in [0.29, 0.717) is 16.1 Å². The van der Waals surface area contributed by atoms with Crippen LogP contribution in [0.4, 0.5) is 0 Å². The van der Waals surface area contributed by atoms with Crippen LogP contribution in [-0.4, -0.2) is 5.78 Å². The predicted molar refractivity (Wildman–Crippen MR) is 73.8 cm³/mol. The molecule has 2 rings (SSSR count). The van der Waals surface area contributed by atoms with Crippen molar-refractivity contribution in [3.8, 4) is 0 Å². The molecular weight excluding hydrogens is 300 g/mol. The van der Waals surface area contributed by atoms with Crippen molar-refractivity contribution in [2.45, 2.75) is 6.92 Å². The third-order valence-corrected chi connectivity index (χ3v) is 3.76. The van der Waals surface area contributed by atoms with Gasteiger partial charge in [0.1, 0.15) is 0 Å². The van der Waals surface area contributed by atoms with Crippen LogP contribution in [0.25, 0.3) is 0 Å². The molecule has 0 heterocycles. The van der Waals surface area contributed by atoms with Crippen LogP contribution in [-0.2, 0) is 0 Å². The van der Waals surface area contributed by atoms with Crippen molar-refractivity contribution in [1.29, 1.82) is 0 Å². The molecule has 0 atom stereocenters. The number of halogens is 2. The van der Waals surface area contributed by atoms with Gasteiger partial charge in [0.05, 0.1) is 5.02 Å². The lowest BCUT2D eigenvalue weighted by molar-refractivity contribution is 0.103. The molecule has 2 aromatic carbocycles. The molecule has 0 bridgehead atoms. The molecule has 17 heavy (non-hydrogen) atoms. The van der Waals surface area contributed by atoms with Crippen molar-refractivity contribution in [1.82, 2.24) is 0 Å². The Morgan fingerprint density at radius 3 is 2.53 bits per heavy atom. The number of aryl methyl sites for hydroxylation is 1. The van der Waals surface area contributed by atoms with E-state index in [2.05, 4.69) is 15.9 Å².